The maximum Gasteiger partial charge on any atom is 0.267 e. The highest BCUT2D eigenvalue weighted by atomic mass is 32.1. The third kappa shape index (κ3) is 4.42. The predicted molar refractivity (Wildman–Crippen MR) is 99.3 cm³/mol. The number of pyridine rings is 1. The molecule has 0 saturated heterocycles. The van der Waals surface area contributed by atoms with E-state index in [1.165, 1.54) is 11.3 Å². The van der Waals surface area contributed by atoms with Crippen LogP contribution in [0.4, 0.5) is 5.69 Å². The fraction of sp³-hybridized carbons (Fsp3) is 0.211. The fourth-order valence-electron chi connectivity index (χ4n) is 2.54. The summed E-state index contributed by atoms with van der Waals surface area (Å²) in [5.41, 5.74) is 3.73. The number of rotatable bonds is 5. The Balaban J connectivity index is 1.69. The molecular formula is C19H19N3O2S. The molecule has 2 aromatic heterocycles. The number of nitrogens with zero attached hydrogens (tertiary/aromatic N) is 2. The summed E-state index contributed by atoms with van der Waals surface area (Å²) in [5.74, 6) is 0.532. The zero-order valence-electron chi connectivity index (χ0n) is 14.4. The minimum absolute atomic E-state index is 0.146. The van der Waals surface area contributed by atoms with E-state index in [1.807, 2.05) is 45.0 Å². The first kappa shape index (κ1) is 17.1. The van der Waals surface area contributed by atoms with Crippen molar-refractivity contribution in [1.82, 2.24) is 9.97 Å². The predicted octanol–water partition coefficient (Wildman–Crippen LogP) is 4.29. The van der Waals surface area contributed by atoms with Crippen LogP contribution in [0.25, 0.3) is 0 Å². The summed E-state index contributed by atoms with van der Waals surface area (Å²) in [4.78, 5) is 21.6. The molecule has 3 aromatic rings. The van der Waals surface area contributed by atoms with Crippen molar-refractivity contribution in [1.29, 1.82) is 0 Å². The standard InChI is InChI=1S/C19H19N3O2S/c1-12-7-13(2)9-15(8-12)22-19(23)18-14(3)21-17(25-18)11-24-16-5-4-6-20-10-16/h4-10H,11H2,1-3H3,(H,22,23). The number of carbonyl (C=O) groups excluding carboxylic acids is 1. The van der Waals surface area contributed by atoms with Crippen LogP contribution in [0.3, 0.4) is 0 Å². The van der Waals surface area contributed by atoms with Crippen molar-refractivity contribution in [3.63, 3.8) is 0 Å². The van der Waals surface area contributed by atoms with E-state index in [4.69, 9.17) is 4.74 Å². The first-order valence-electron chi connectivity index (χ1n) is 7.90. The zero-order valence-corrected chi connectivity index (χ0v) is 15.2. The molecular weight excluding hydrogens is 334 g/mol. The molecule has 0 atom stereocenters. The smallest absolute Gasteiger partial charge is 0.267 e. The zero-order chi connectivity index (χ0) is 17.8. The van der Waals surface area contributed by atoms with E-state index in [0.717, 1.165) is 21.8 Å². The number of hydrogen-bond donors (Lipinski definition) is 1. The van der Waals surface area contributed by atoms with Gasteiger partial charge in [-0.05, 0) is 56.2 Å². The number of anilines is 1. The Bertz CT molecular complexity index is 871. The van der Waals surface area contributed by atoms with E-state index >= 15 is 0 Å². The summed E-state index contributed by atoms with van der Waals surface area (Å²) < 4.78 is 5.64. The lowest BCUT2D eigenvalue weighted by atomic mass is 10.1. The van der Waals surface area contributed by atoms with Gasteiger partial charge in [-0.1, -0.05) is 6.07 Å². The Morgan fingerprint density at radius 1 is 1.20 bits per heavy atom. The second kappa shape index (κ2) is 7.44. The lowest BCUT2D eigenvalue weighted by Crippen LogP contribution is -2.11. The average molecular weight is 353 g/mol. The third-order valence-electron chi connectivity index (χ3n) is 3.52. The van der Waals surface area contributed by atoms with E-state index in [1.54, 1.807) is 12.4 Å². The Morgan fingerprint density at radius 2 is 1.96 bits per heavy atom. The first-order valence-corrected chi connectivity index (χ1v) is 8.71. The molecule has 0 saturated carbocycles. The molecule has 5 nitrogen and oxygen atoms in total. The number of benzene rings is 1. The average Bonchev–Trinajstić information content (AvgIpc) is 2.94. The monoisotopic (exact) mass is 353 g/mol. The van der Waals surface area contributed by atoms with Gasteiger partial charge < -0.3 is 10.1 Å². The molecule has 2 heterocycles. The number of aryl methyl sites for hydroxylation is 3. The lowest BCUT2D eigenvalue weighted by Gasteiger charge is -2.06. The minimum Gasteiger partial charge on any atom is -0.485 e. The molecule has 1 N–H and O–H groups in total. The van der Waals surface area contributed by atoms with Gasteiger partial charge in [0.1, 0.15) is 22.2 Å². The summed E-state index contributed by atoms with van der Waals surface area (Å²) in [6.07, 6.45) is 3.34. The molecule has 0 radical (unpaired) electrons. The molecule has 0 aliphatic carbocycles. The van der Waals surface area contributed by atoms with Crippen LogP contribution in [-0.4, -0.2) is 15.9 Å². The molecule has 6 heteroatoms. The molecule has 128 valence electrons. The number of nitrogens with one attached hydrogen (secondary N) is 1. The van der Waals surface area contributed by atoms with Gasteiger partial charge in [0.2, 0.25) is 0 Å². The Labute approximate surface area is 150 Å². The Hall–Kier alpha value is -2.73. The van der Waals surface area contributed by atoms with Gasteiger partial charge >= 0.3 is 0 Å². The second-order valence-electron chi connectivity index (χ2n) is 5.83. The van der Waals surface area contributed by atoms with Crippen LogP contribution in [0, 0.1) is 20.8 Å². The van der Waals surface area contributed by atoms with Gasteiger partial charge in [-0.3, -0.25) is 9.78 Å². The van der Waals surface area contributed by atoms with Gasteiger partial charge in [0, 0.05) is 11.9 Å². The molecule has 0 fully saturated rings. The Kier molecular flexibility index (Phi) is 5.09. The normalized spacial score (nSPS) is 10.5. The number of carbonyl (C=O) groups is 1. The summed E-state index contributed by atoms with van der Waals surface area (Å²) in [6.45, 7) is 6.16. The molecule has 0 aliphatic heterocycles. The SMILES string of the molecule is Cc1cc(C)cc(NC(=O)c2sc(COc3cccnc3)nc2C)c1. The lowest BCUT2D eigenvalue weighted by molar-refractivity contribution is 0.103. The van der Waals surface area contributed by atoms with Crippen LogP contribution in [0.1, 0.15) is 31.5 Å². The maximum atomic E-state index is 12.6. The van der Waals surface area contributed by atoms with Crippen LogP contribution in [-0.2, 0) is 6.61 Å². The molecule has 0 bridgehead atoms. The molecule has 3 rings (SSSR count). The number of ether oxygens (including phenoxy) is 1. The van der Waals surface area contributed by atoms with Gasteiger partial charge in [-0.2, -0.15) is 0 Å². The van der Waals surface area contributed by atoms with E-state index in [0.29, 0.717) is 22.9 Å². The topological polar surface area (TPSA) is 64.1 Å². The highest BCUT2D eigenvalue weighted by molar-refractivity contribution is 7.13. The first-order chi connectivity index (χ1) is 12.0. The second-order valence-corrected chi connectivity index (χ2v) is 6.91. The van der Waals surface area contributed by atoms with Crippen molar-refractivity contribution >= 4 is 22.9 Å². The van der Waals surface area contributed by atoms with Gasteiger partial charge in [0.15, 0.2) is 0 Å². The number of aromatic nitrogens is 2. The van der Waals surface area contributed by atoms with Crippen molar-refractivity contribution in [2.75, 3.05) is 5.32 Å². The largest absolute Gasteiger partial charge is 0.485 e. The third-order valence-corrected chi connectivity index (χ3v) is 4.65. The van der Waals surface area contributed by atoms with Gasteiger partial charge in [0.25, 0.3) is 5.91 Å². The number of hydrogen-bond acceptors (Lipinski definition) is 5. The van der Waals surface area contributed by atoms with Crippen molar-refractivity contribution in [2.45, 2.75) is 27.4 Å². The van der Waals surface area contributed by atoms with E-state index in [9.17, 15) is 4.79 Å². The quantitative estimate of drug-likeness (QED) is 0.743. The van der Waals surface area contributed by atoms with Crippen LogP contribution >= 0.6 is 11.3 Å². The van der Waals surface area contributed by atoms with Crippen molar-refractivity contribution in [3.8, 4) is 5.75 Å². The molecule has 0 unspecified atom stereocenters. The molecule has 1 amide bonds. The van der Waals surface area contributed by atoms with Crippen LogP contribution in [0.15, 0.2) is 42.7 Å². The van der Waals surface area contributed by atoms with Crippen molar-refractivity contribution in [2.24, 2.45) is 0 Å². The van der Waals surface area contributed by atoms with Crippen LogP contribution in [0.5, 0.6) is 5.75 Å². The molecule has 25 heavy (non-hydrogen) atoms. The fourth-order valence-corrected chi connectivity index (χ4v) is 3.41. The van der Waals surface area contributed by atoms with E-state index < -0.39 is 0 Å². The van der Waals surface area contributed by atoms with Crippen LogP contribution < -0.4 is 10.1 Å². The highest BCUT2D eigenvalue weighted by Crippen LogP contribution is 2.22. The maximum absolute atomic E-state index is 12.6. The van der Waals surface area contributed by atoms with Gasteiger partial charge in [-0.25, -0.2) is 4.98 Å². The summed E-state index contributed by atoms with van der Waals surface area (Å²) in [5, 5.41) is 3.70. The minimum atomic E-state index is -0.146. The van der Waals surface area contributed by atoms with Crippen molar-refractivity contribution < 1.29 is 9.53 Å². The summed E-state index contributed by atoms with van der Waals surface area (Å²) >= 11 is 1.35. The summed E-state index contributed by atoms with van der Waals surface area (Å²) in [6, 6.07) is 9.62. The van der Waals surface area contributed by atoms with E-state index in [-0.39, 0.29) is 5.91 Å². The van der Waals surface area contributed by atoms with Gasteiger partial charge in [-0.15, -0.1) is 11.3 Å². The van der Waals surface area contributed by atoms with Crippen molar-refractivity contribution in [3.05, 3.63) is 69.4 Å². The molecule has 0 spiro atoms. The highest BCUT2D eigenvalue weighted by Gasteiger charge is 2.16. The molecule has 0 aliphatic rings. The number of thiazole rings is 1. The van der Waals surface area contributed by atoms with Crippen LogP contribution in [0.2, 0.25) is 0 Å². The number of amides is 1. The summed E-state index contributed by atoms with van der Waals surface area (Å²) in [7, 11) is 0. The van der Waals surface area contributed by atoms with E-state index in [2.05, 4.69) is 21.4 Å². The molecule has 1 aromatic carbocycles. The van der Waals surface area contributed by atoms with Gasteiger partial charge in [0.05, 0.1) is 11.9 Å². The Morgan fingerprint density at radius 3 is 2.64 bits per heavy atom.